The fourth-order valence-electron chi connectivity index (χ4n) is 1.51. The van der Waals surface area contributed by atoms with Gasteiger partial charge in [0.15, 0.2) is 5.78 Å². The summed E-state index contributed by atoms with van der Waals surface area (Å²) in [5, 5.41) is 3.05. The Balaban J connectivity index is 0.00000169. The van der Waals surface area contributed by atoms with Crippen molar-refractivity contribution in [3.05, 3.63) is 0 Å². The van der Waals surface area contributed by atoms with E-state index in [1.54, 1.807) is 0 Å². The van der Waals surface area contributed by atoms with Gasteiger partial charge in [-0.3, -0.25) is 9.59 Å². The number of ketones is 1. The molecular formula is C9H16ClNO3. The second kappa shape index (κ2) is 4.75. The van der Waals surface area contributed by atoms with Gasteiger partial charge < -0.3 is 10.1 Å². The number of nitrogens with one attached hydrogen (secondary N) is 1. The van der Waals surface area contributed by atoms with Gasteiger partial charge in [-0.2, -0.15) is 0 Å². The van der Waals surface area contributed by atoms with E-state index in [1.165, 1.54) is 7.11 Å². The second-order valence-corrected chi connectivity index (χ2v) is 3.95. The predicted octanol–water partition coefficient (Wildman–Crippen LogP) is 0.396. The van der Waals surface area contributed by atoms with Crippen molar-refractivity contribution < 1.29 is 14.3 Å². The third-order valence-corrected chi connectivity index (χ3v) is 2.38. The smallest absolute Gasteiger partial charge is 0.317 e. The number of Topliss-reactive ketones (excluding diaryl/α,β-unsaturated/α-hetero) is 1. The maximum atomic E-state index is 11.7. The van der Waals surface area contributed by atoms with Crippen molar-refractivity contribution in [2.45, 2.75) is 13.8 Å². The molecular weight excluding hydrogens is 206 g/mol. The highest BCUT2D eigenvalue weighted by atomic mass is 35.5. The van der Waals surface area contributed by atoms with E-state index in [9.17, 15) is 9.59 Å². The lowest BCUT2D eigenvalue weighted by atomic mass is 9.78. The van der Waals surface area contributed by atoms with Gasteiger partial charge in [-0.25, -0.2) is 0 Å². The first kappa shape index (κ1) is 13.4. The third kappa shape index (κ3) is 2.45. The molecule has 0 aliphatic carbocycles. The van der Waals surface area contributed by atoms with Crippen LogP contribution in [0.1, 0.15) is 13.8 Å². The zero-order chi connectivity index (χ0) is 10.1. The summed E-state index contributed by atoms with van der Waals surface area (Å²) in [7, 11) is 1.30. The van der Waals surface area contributed by atoms with E-state index >= 15 is 0 Å². The number of hydrogen-bond acceptors (Lipinski definition) is 4. The number of carbonyl (C=O) groups is 2. The van der Waals surface area contributed by atoms with Crippen LogP contribution in [-0.2, 0) is 14.3 Å². The first-order valence-corrected chi connectivity index (χ1v) is 4.32. The minimum Gasteiger partial charge on any atom is -0.468 e. The van der Waals surface area contributed by atoms with Crippen molar-refractivity contribution in [2.75, 3.05) is 20.2 Å². The van der Waals surface area contributed by atoms with Crippen molar-refractivity contribution >= 4 is 24.2 Å². The Kier molecular flexibility index (Phi) is 4.55. The van der Waals surface area contributed by atoms with E-state index < -0.39 is 17.3 Å². The molecule has 0 aromatic heterocycles. The number of rotatable bonds is 1. The molecule has 1 fully saturated rings. The van der Waals surface area contributed by atoms with Crippen LogP contribution in [-0.4, -0.2) is 32.0 Å². The maximum absolute atomic E-state index is 11.7. The lowest BCUT2D eigenvalue weighted by Gasteiger charge is -2.32. The molecule has 0 bridgehead atoms. The van der Waals surface area contributed by atoms with Crippen LogP contribution in [0.5, 0.6) is 0 Å². The van der Waals surface area contributed by atoms with Gasteiger partial charge in [-0.15, -0.1) is 12.4 Å². The Morgan fingerprint density at radius 3 is 2.64 bits per heavy atom. The molecule has 0 amide bonds. The number of hydrogen-bond donors (Lipinski definition) is 1. The van der Waals surface area contributed by atoms with E-state index in [-0.39, 0.29) is 18.2 Å². The topological polar surface area (TPSA) is 55.4 Å². The monoisotopic (exact) mass is 221 g/mol. The molecule has 4 nitrogen and oxygen atoms in total. The van der Waals surface area contributed by atoms with E-state index in [1.807, 2.05) is 13.8 Å². The molecule has 0 aromatic carbocycles. The number of halogens is 1. The van der Waals surface area contributed by atoms with Crippen LogP contribution < -0.4 is 5.32 Å². The molecule has 82 valence electrons. The molecule has 1 saturated heterocycles. The van der Waals surface area contributed by atoms with E-state index in [0.29, 0.717) is 13.1 Å². The molecule has 1 unspecified atom stereocenters. The Hall–Kier alpha value is -0.610. The van der Waals surface area contributed by atoms with Gasteiger partial charge in [0.25, 0.3) is 0 Å². The highest BCUT2D eigenvalue weighted by Gasteiger charge is 2.41. The lowest BCUT2D eigenvalue weighted by molar-refractivity contribution is -0.153. The highest BCUT2D eigenvalue weighted by molar-refractivity contribution is 6.02. The minimum absolute atomic E-state index is 0. The number of ether oxygens (including phenoxy) is 1. The first-order chi connectivity index (χ1) is 5.99. The fraction of sp³-hybridized carbons (Fsp3) is 0.778. The number of piperidine rings is 1. The van der Waals surface area contributed by atoms with Crippen molar-refractivity contribution in [1.29, 1.82) is 0 Å². The summed E-state index contributed by atoms with van der Waals surface area (Å²) in [6.07, 6.45) is 0. The van der Waals surface area contributed by atoms with Gasteiger partial charge >= 0.3 is 5.97 Å². The SMILES string of the molecule is COC(=O)C1CNCC(C)(C)C1=O.Cl. The standard InChI is InChI=1S/C9H15NO3.ClH/c1-9(2)5-10-4-6(7(9)11)8(12)13-3;/h6,10H,4-5H2,1-3H3;1H. The Morgan fingerprint density at radius 1 is 1.57 bits per heavy atom. The van der Waals surface area contributed by atoms with Gasteiger partial charge in [0.2, 0.25) is 0 Å². The molecule has 5 heteroatoms. The summed E-state index contributed by atoms with van der Waals surface area (Å²) in [5.74, 6) is -1.10. The van der Waals surface area contributed by atoms with Crippen LogP contribution in [0.25, 0.3) is 0 Å². The molecule has 1 heterocycles. The Morgan fingerprint density at radius 2 is 2.14 bits per heavy atom. The summed E-state index contributed by atoms with van der Waals surface area (Å²) < 4.78 is 4.55. The minimum atomic E-state index is -0.631. The molecule has 0 spiro atoms. The van der Waals surface area contributed by atoms with Gasteiger partial charge in [0.1, 0.15) is 5.92 Å². The number of esters is 1. The first-order valence-electron chi connectivity index (χ1n) is 4.32. The summed E-state index contributed by atoms with van der Waals surface area (Å²) in [4.78, 5) is 22.9. The van der Waals surface area contributed by atoms with Crippen LogP contribution in [0.4, 0.5) is 0 Å². The zero-order valence-electron chi connectivity index (χ0n) is 8.62. The molecule has 14 heavy (non-hydrogen) atoms. The van der Waals surface area contributed by atoms with Crippen LogP contribution in [0.2, 0.25) is 0 Å². The highest BCUT2D eigenvalue weighted by Crippen LogP contribution is 2.24. The molecule has 0 radical (unpaired) electrons. The lowest BCUT2D eigenvalue weighted by Crippen LogP contribution is -2.52. The van der Waals surface area contributed by atoms with Crippen molar-refractivity contribution in [2.24, 2.45) is 11.3 Å². The number of methoxy groups -OCH3 is 1. The van der Waals surface area contributed by atoms with Gasteiger partial charge in [0, 0.05) is 18.5 Å². The zero-order valence-corrected chi connectivity index (χ0v) is 9.44. The predicted molar refractivity (Wildman–Crippen MR) is 54.4 cm³/mol. The maximum Gasteiger partial charge on any atom is 0.317 e. The Labute approximate surface area is 89.8 Å². The van der Waals surface area contributed by atoms with Gasteiger partial charge in [-0.1, -0.05) is 13.8 Å². The molecule has 0 aromatic rings. The van der Waals surface area contributed by atoms with E-state index in [0.717, 1.165) is 0 Å². The third-order valence-electron chi connectivity index (χ3n) is 2.38. The molecule has 1 N–H and O–H groups in total. The number of carbonyl (C=O) groups excluding carboxylic acids is 2. The van der Waals surface area contributed by atoms with Crippen molar-refractivity contribution in [1.82, 2.24) is 5.32 Å². The normalized spacial score (nSPS) is 25.1. The van der Waals surface area contributed by atoms with Crippen molar-refractivity contribution in [3.8, 4) is 0 Å². The van der Waals surface area contributed by atoms with Crippen LogP contribution in [0.3, 0.4) is 0 Å². The van der Waals surface area contributed by atoms with E-state index in [2.05, 4.69) is 10.1 Å². The van der Waals surface area contributed by atoms with E-state index in [4.69, 9.17) is 0 Å². The summed E-state index contributed by atoms with van der Waals surface area (Å²) in [6.45, 7) is 4.68. The average molecular weight is 222 g/mol. The molecule has 1 aliphatic rings. The average Bonchev–Trinajstić information content (AvgIpc) is 2.08. The summed E-state index contributed by atoms with van der Waals surface area (Å²) in [5.41, 5.74) is -0.461. The van der Waals surface area contributed by atoms with Crippen LogP contribution in [0.15, 0.2) is 0 Å². The molecule has 0 saturated carbocycles. The van der Waals surface area contributed by atoms with Crippen LogP contribution >= 0.6 is 12.4 Å². The largest absolute Gasteiger partial charge is 0.468 e. The fourth-order valence-corrected chi connectivity index (χ4v) is 1.51. The van der Waals surface area contributed by atoms with Crippen molar-refractivity contribution in [3.63, 3.8) is 0 Å². The van der Waals surface area contributed by atoms with Gasteiger partial charge in [-0.05, 0) is 0 Å². The molecule has 1 rings (SSSR count). The quantitative estimate of drug-likeness (QED) is 0.514. The van der Waals surface area contributed by atoms with Crippen LogP contribution in [0, 0.1) is 11.3 Å². The summed E-state index contributed by atoms with van der Waals surface area (Å²) >= 11 is 0. The second-order valence-electron chi connectivity index (χ2n) is 3.95. The molecule has 1 atom stereocenters. The van der Waals surface area contributed by atoms with Gasteiger partial charge in [0.05, 0.1) is 7.11 Å². The molecule has 1 aliphatic heterocycles. The summed E-state index contributed by atoms with van der Waals surface area (Å²) in [6, 6.07) is 0. The Bertz CT molecular complexity index is 240.